The van der Waals surface area contributed by atoms with Crippen LogP contribution in [0.2, 0.25) is 0 Å². The molecule has 0 bridgehead atoms. The van der Waals surface area contributed by atoms with Gasteiger partial charge >= 0.3 is 5.69 Å². The molecular formula is C33H35N7O4. The van der Waals surface area contributed by atoms with Gasteiger partial charge in [0, 0.05) is 33.4 Å². The number of nitrogens with zero attached hydrogens (tertiary/aromatic N) is 6. The average Bonchev–Trinajstić information content (AvgIpc) is 3.32. The summed E-state index contributed by atoms with van der Waals surface area (Å²) in [5.74, 6) is 0.819. The molecule has 4 aromatic rings. The van der Waals surface area contributed by atoms with Gasteiger partial charge in [-0.05, 0) is 75.2 Å². The molecule has 1 atom stereocenters. The zero-order valence-electron chi connectivity index (χ0n) is 25.2. The standard InChI is InChI=1S/C33H35N7O4/c1-33(2,31(42)37(3)4)19-22(20-34)30(41)38-18-8-9-24(21-38)39-27-16-17-36-29(35)28(27)40(32(39)43)23-12-14-26(15-13-23)44-25-10-6-5-7-11-25/h5-7,10-17,19,24H,8-9,18,21H2,1-4H3,(H2,35,36)/t24-/m1/s1. The summed E-state index contributed by atoms with van der Waals surface area (Å²) < 4.78 is 9.10. The van der Waals surface area contributed by atoms with E-state index in [-0.39, 0.29) is 35.6 Å². The van der Waals surface area contributed by atoms with Gasteiger partial charge in [0.2, 0.25) is 5.91 Å². The third-order valence-electron chi connectivity index (χ3n) is 7.75. The fraction of sp³-hybridized carbons (Fsp3) is 0.303. The van der Waals surface area contributed by atoms with Crippen LogP contribution in [0.4, 0.5) is 5.82 Å². The molecule has 0 saturated carbocycles. The van der Waals surface area contributed by atoms with E-state index in [4.69, 9.17) is 10.5 Å². The molecule has 5 rings (SSSR count). The molecule has 2 aromatic heterocycles. The first-order valence-corrected chi connectivity index (χ1v) is 14.4. The van der Waals surface area contributed by atoms with Gasteiger partial charge in [-0.1, -0.05) is 18.2 Å². The highest BCUT2D eigenvalue weighted by atomic mass is 16.5. The fourth-order valence-electron chi connectivity index (χ4n) is 5.73. The lowest BCUT2D eigenvalue weighted by molar-refractivity contribution is -0.135. The number of aromatic nitrogens is 3. The van der Waals surface area contributed by atoms with Crippen molar-refractivity contribution < 1.29 is 14.3 Å². The largest absolute Gasteiger partial charge is 0.457 e. The molecule has 44 heavy (non-hydrogen) atoms. The number of imidazole rings is 1. The first-order valence-electron chi connectivity index (χ1n) is 14.4. The Morgan fingerprint density at radius 1 is 1.09 bits per heavy atom. The number of nitrogens with two attached hydrogens (primary N) is 1. The van der Waals surface area contributed by atoms with Gasteiger partial charge in [0.05, 0.1) is 22.7 Å². The summed E-state index contributed by atoms with van der Waals surface area (Å²) in [6.07, 6.45) is 4.25. The first-order chi connectivity index (χ1) is 21.0. The average molecular weight is 594 g/mol. The Hall–Kier alpha value is -5.37. The Balaban J connectivity index is 1.48. The molecule has 2 aromatic carbocycles. The van der Waals surface area contributed by atoms with Crippen LogP contribution in [0.5, 0.6) is 11.5 Å². The molecule has 1 fully saturated rings. The van der Waals surface area contributed by atoms with E-state index in [1.807, 2.05) is 36.4 Å². The number of rotatable bonds is 7. The maximum absolute atomic E-state index is 14.1. The van der Waals surface area contributed by atoms with Crippen molar-refractivity contribution in [2.45, 2.75) is 32.7 Å². The van der Waals surface area contributed by atoms with Crippen LogP contribution in [0.1, 0.15) is 32.7 Å². The van der Waals surface area contributed by atoms with Gasteiger partial charge in [-0.3, -0.25) is 18.7 Å². The third kappa shape index (κ3) is 5.79. The molecule has 0 unspecified atom stereocenters. The number of carbonyl (C=O) groups is 2. The number of nitriles is 1. The van der Waals surface area contributed by atoms with Gasteiger partial charge in [-0.25, -0.2) is 9.78 Å². The van der Waals surface area contributed by atoms with E-state index in [0.29, 0.717) is 47.6 Å². The van der Waals surface area contributed by atoms with Gasteiger partial charge in [-0.15, -0.1) is 0 Å². The van der Waals surface area contributed by atoms with Crippen LogP contribution < -0.4 is 16.2 Å². The molecule has 0 aliphatic carbocycles. The SMILES string of the molecule is CN(C)C(=O)C(C)(C)C=C(C#N)C(=O)N1CCC[C@@H](n2c(=O)n(-c3ccc(Oc4ccccc4)cc3)c3c(N)nccc32)C1. The van der Waals surface area contributed by atoms with Crippen molar-refractivity contribution >= 4 is 28.7 Å². The molecule has 1 saturated heterocycles. The second kappa shape index (κ2) is 12.1. The number of carbonyl (C=O) groups excluding carboxylic acids is 2. The second-order valence-electron chi connectivity index (χ2n) is 11.6. The van der Waals surface area contributed by atoms with Crippen molar-refractivity contribution in [1.29, 1.82) is 5.26 Å². The number of pyridine rings is 1. The summed E-state index contributed by atoms with van der Waals surface area (Å²) in [5.41, 5.74) is 6.52. The van der Waals surface area contributed by atoms with Gasteiger partial charge in [-0.2, -0.15) is 5.26 Å². The van der Waals surface area contributed by atoms with E-state index in [2.05, 4.69) is 4.98 Å². The number of amides is 2. The van der Waals surface area contributed by atoms with Gasteiger partial charge < -0.3 is 20.3 Å². The summed E-state index contributed by atoms with van der Waals surface area (Å²) in [7, 11) is 3.26. The topological polar surface area (TPSA) is 139 Å². The Labute approximate surface area is 255 Å². The van der Waals surface area contributed by atoms with Crippen LogP contribution in [0.25, 0.3) is 16.7 Å². The third-order valence-corrected chi connectivity index (χ3v) is 7.75. The lowest BCUT2D eigenvalue weighted by Gasteiger charge is -2.33. The van der Waals surface area contributed by atoms with E-state index in [1.54, 1.807) is 73.9 Å². The highest BCUT2D eigenvalue weighted by Crippen LogP contribution is 2.30. The molecule has 11 heteroatoms. The van der Waals surface area contributed by atoms with Crippen LogP contribution in [0.3, 0.4) is 0 Å². The minimum Gasteiger partial charge on any atom is -0.457 e. The van der Waals surface area contributed by atoms with Crippen molar-refractivity contribution in [3.63, 3.8) is 0 Å². The first kappa shape index (κ1) is 30.1. The number of hydrogen-bond acceptors (Lipinski definition) is 7. The molecule has 2 amide bonds. The van der Waals surface area contributed by atoms with Crippen molar-refractivity contribution in [3.05, 3.63) is 89.0 Å². The number of para-hydroxylation sites is 1. The molecule has 1 aliphatic rings. The molecule has 3 heterocycles. The highest BCUT2D eigenvalue weighted by Gasteiger charge is 2.33. The predicted molar refractivity (Wildman–Crippen MR) is 167 cm³/mol. The molecule has 0 radical (unpaired) electrons. The quantitative estimate of drug-likeness (QED) is 0.249. The second-order valence-corrected chi connectivity index (χ2v) is 11.6. The number of nitrogen functional groups attached to an aromatic ring is 1. The molecule has 1 aliphatic heterocycles. The summed E-state index contributed by atoms with van der Waals surface area (Å²) in [6.45, 7) is 3.99. The number of fused-ring (bicyclic) bond motifs is 1. The van der Waals surface area contributed by atoms with E-state index in [0.717, 1.165) is 0 Å². The Morgan fingerprint density at radius 2 is 1.77 bits per heavy atom. The Bertz CT molecular complexity index is 1830. The number of piperidine rings is 1. The molecule has 226 valence electrons. The van der Waals surface area contributed by atoms with E-state index >= 15 is 0 Å². The summed E-state index contributed by atoms with van der Waals surface area (Å²) in [5, 5.41) is 9.86. The van der Waals surface area contributed by atoms with Crippen LogP contribution >= 0.6 is 0 Å². The maximum Gasteiger partial charge on any atom is 0.334 e. The van der Waals surface area contributed by atoms with Crippen LogP contribution in [-0.2, 0) is 9.59 Å². The van der Waals surface area contributed by atoms with Crippen molar-refractivity contribution in [2.75, 3.05) is 32.9 Å². The number of benzene rings is 2. The Kier molecular flexibility index (Phi) is 8.27. The highest BCUT2D eigenvalue weighted by molar-refractivity contribution is 5.98. The normalized spacial score (nSPS) is 15.6. The summed E-state index contributed by atoms with van der Waals surface area (Å²) in [4.78, 5) is 47.6. The summed E-state index contributed by atoms with van der Waals surface area (Å²) in [6, 6.07) is 19.9. The fourth-order valence-corrected chi connectivity index (χ4v) is 5.73. The van der Waals surface area contributed by atoms with Crippen LogP contribution in [-0.4, -0.2) is 62.9 Å². The minimum atomic E-state index is -1.05. The van der Waals surface area contributed by atoms with Gasteiger partial charge in [0.25, 0.3) is 5.91 Å². The molecule has 11 nitrogen and oxygen atoms in total. The zero-order chi connectivity index (χ0) is 31.6. The maximum atomic E-state index is 14.1. The molecule has 0 spiro atoms. The Morgan fingerprint density at radius 3 is 2.43 bits per heavy atom. The lowest BCUT2D eigenvalue weighted by atomic mass is 9.89. The van der Waals surface area contributed by atoms with Crippen molar-refractivity contribution in [3.8, 4) is 23.3 Å². The number of likely N-dealkylation sites (tertiary alicyclic amines) is 1. The van der Waals surface area contributed by atoms with Crippen LogP contribution in [0.15, 0.2) is 83.3 Å². The monoisotopic (exact) mass is 593 g/mol. The smallest absolute Gasteiger partial charge is 0.334 e. The number of anilines is 1. The minimum absolute atomic E-state index is 0.105. The predicted octanol–water partition coefficient (Wildman–Crippen LogP) is 4.29. The van der Waals surface area contributed by atoms with Gasteiger partial charge in [0.1, 0.15) is 34.5 Å². The van der Waals surface area contributed by atoms with Crippen LogP contribution in [0, 0.1) is 16.7 Å². The van der Waals surface area contributed by atoms with Gasteiger partial charge in [0.15, 0.2) is 0 Å². The molecular weight excluding hydrogens is 558 g/mol. The number of ether oxygens (including phenoxy) is 1. The summed E-state index contributed by atoms with van der Waals surface area (Å²) >= 11 is 0. The molecule has 2 N–H and O–H groups in total. The zero-order valence-corrected chi connectivity index (χ0v) is 25.2. The van der Waals surface area contributed by atoms with E-state index in [1.165, 1.54) is 15.5 Å². The van der Waals surface area contributed by atoms with Crippen molar-refractivity contribution in [1.82, 2.24) is 23.9 Å². The lowest BCUT2D eigenvalue weighted by Crippen LogP contribution is -2.43. The number of hydrogen-bond donors (Lipinski definition) is 1. The van der Waals surface area contributed by atoms with Crippen molar-refractivity contribution in [2.24, 2.45) is 5.41 Å². The van der Waals surface area contributed by atoms with E-state index in [9.17, 15) is 19.6 Å². The van der Waals surface area contributed by atoms with E-state index < -0.39 is 11.3 Å².